The van der Waals surface area contributed by atoms with Crippen LogP contribution in [0.5, 0.6) is 0 Å². The maximum atomic E-state index is 12.9. The summed E-state index contributed by atoms with van der Waals surface area (Å²) >= 11 is 0. The molecule has 0 saturated heterocycles. The van der Waals surface area contributed by atoms with Crippen LogP contribution in [0.25, 0.3) is 28.2 Å². The highest BCUT2D eigenvalue weighted by Gasteiger charge is 2.17. The predicted octanol–water partition coefficient (Wildman–Crippen LogP) is 5.79. The Balaban J connectivity index is 2.17. The fraction of sp³-hybridized carbons (Fsp3) is 0.0800. The average molecular weight is 351 g/mol. The van der Waals surface area contributed by atoms with Crippen LogP contribution in [-0.4, -0.2) is 4.57 Å². The number of benzene rings is 3. The topological polar surface area (TPSA) is 22.0 Å². The Labute approximate surface area is 159 Å². The summed E-state index contributed by atoms with van der Waals surface area (Å²) in [6.45, 7) is 4.01. The molecule has 1 heterocycles. The van der Waals surface area contributed by atoms with Gasteiger partial charge in [0.15, 0.2) is 5.43 Å². The van der Waals surface area contributed by atoms with E-state index in [1.54, 1.807) is 6.07 Å². The lowest BCUT2D eigenvalue weighted by Gasteiger charge is -2.23. The van der Waals surface area contributed by atoms with Crippen LogP contribution in [0.2, 0.25) is 0 Å². The molecule has 1 aromatic heterocycles. The van der Waals surface area contributed by atoms with Gasteiger partial charge in [0.2, 0.25) is 0 Å². The van der Waals surface area contributed by atoms with E-state index in [0.717, 1.165) is 39.3 Å². The molecule has 0 saturated carbocycles. The van der Waals surface area contributed by atoms with Crippen LogP contribution in [0.1, 0.15) is 11.1 Å². The minimum absolute atomic E-state index is 0.0533. The molecule has 0 amide bonds. The molecule has 0 aliphatic rings. The SMILES string of the molecule is Cc1ccccc1-n1c(-c2ccccc2)cc(=O)c(C)c1-c1ccccc1. The zero-order chi connectivity index (χ0) is 18.8. The standard InChI is InChI=1S/C25H21NO/c1-18-11-9-10-16-22(18)26-23(20-12-5-3-6-13-20)17-24(27)19(2)25(26)21-14-7-4-8-15-21/h3-17H,1-2H3. The van der Waals surface area contributed by atoms with Gasteiger partial charge in [0.05, 0.1) is 11.4 Å². The monoisotopic (exact) mass is 351 g/mol. The van der Waals surface area contributed by atoms with Gasteiger partial charge < -0.3 is 4.57 Å². The van der Waals surface area contributed by atoms with Gasteiger partial charge in [-0.15, -0.1) is 0 Å². The zero-order valence-corrected chi connectivity index (χ0v) is 15.5. The minimum atomic E-state index is 0.0533. The van der Waals surface area contributed by atoms with E-state index in [0.29, 0.717) is 0 Å². The van der Waals surface area contributed by atoms with Crippen LogP contribution in [0.4, 0.5) is 0 Å². The van der Waals surface area contributed by atoms with Crippen LogP contribution in [-0.2, 0) is 0 Å². The molecular formula is C25H21NO. The van der Waals surface area contributed by atoms with Crippen molar-refractivity contribution in [1.29, 1.82) is 0 Å². The predicted molar refractivity (Wildman–Crippen MR) is 112 cm³/mol. The highest BCUT2D eigenvalue weighted by Crippen LogP contribution is 2.32. The number of nitrogens with zero attached hydrogens (tertiary/aromatic N) is 1. The van der Waals surface area contributed by atoms with Crippen molar-refractivity contribution in [3.63, 3.8) is 0 Å². The van der Waals surface area contributed by atoms with Crippen molar-refractivity contribution in [2.24, 2.45) is 0 Å². The Kier molecular flexibility index (Phi) is 4.47. The van der Waals surface area contributed by atoms with Crippen LogP contribution >= 0.6 is 0 Å². The molecule has 0 fully saturated rings. The van der Waals surface area contributed by atoms with Gasteiger partial charge in [0.1, 0.15) is 0 Å². The molecule has 2 heteroatoms. The Morgan fingerprint density at radius 3 is 1.85 bits per heavy atom. The highest BCUT2D eigenvalue weighted by atomic mass is 16.1. The molecule has 0 atom stereocenters. The van der Waals surface area contributed by atoms with Gasteiger partial charge in [-0.05, 0) is 36.6 Å². The van der Waals surface area contributed by atoms with Gasteiger partial charge in [0, 0.05) is 17.3 Å². The zero-order valence-electron chi connectivity index (χ0n) is 15.5. The van der Waals surface area contributed by atoms with E-state index in [2.05, 4.69) is 35.8 Å². The van der Waals surface area contributed by atoms with Crippen molar-refractivity contribution in [3.8, 4) is 28.2 Å². The Morgan fingerprint density at radius 1 is 0.667 bits per heavy atom. The molecular weight excluding hydrogens is 330 g/mol. The highest BCUT2D eigenvalue weighted by molar-refractivity contribution is 5.74. The first kappa shape index (κ1) is 17.0. The molecule has 0 bridgehead atoms. The second-order valence-corrected chi connectivity index (χ2v) is 6.72. The maximum absolute atomic E-state index is 12.9. The summed E-state index contributed by atoms with van der Waals surface area (Å²) in [5, 5.41) is 0. The Hall–Kier alpha value is -3.39. The number of rotatable bonds is 3. The molecule has 0 N–H and O–H groups in total. The first-order valence-electron chi connectivity index (χ1n) is 9.10. The van der Waals surface area contributed by atoms with Gasteiger partial charge >= 0.3 is 0 Å². The summed E-state index contributed by atoms with van der Waals surface area (Å²) in [4.78, 5) is 12.9. The molecule has 0 unspecified atom stereocenters. The van der Waals surface area contributed by atoms with E-state index < -0.39 is 0 Å². The van der Waals surface area contributed by atoms with E-state index in [-0.39, 0.29) is 5.43 Å². The summed E-state index contributed by atoms with van der Waals surface area (Å²) < 4.78 is 2.22. The maximum Gasteiger partial charge on any atom is 0.185 e. The molecule has 132 valence electrons. The lowest BCUT2D eigenvalue weighted by molar-refractivity contribution is 1.02. The molecule has 0 aliphatic carbocycles. The molecule has 27 heavy (non-hydrogen) atoms. The largest absolute Gasteiger partial charge is 0.308 e. The van der Waals surface area contributed by atoms with Crippen LogP contribution in [0, 0.1) is 13.8 Å². The van der Waals surface area contributed by atoms with Crippen molar-refractivity contribution in [2.75, 3.05) is 0 Å². The molecule has 4 rings (SSSR count). The normalized spacial score (nSPS) is 10.7. The summed E-state index contributed by atoms with van der Waals surface area (Å²) in [6, 6.07) is 30.3. The second kappa shape index (κ2) is 7.08. The van der Waals surface area contributed by atoms with Crippen molar-refractivity contribution in [3.05, 3.63) is 112 Å². The van der Waals surface area contributed by atoms with Crippen LogP contribution in [0.3, 0.4) is 0 Å². The number of hydrogen-bond acceptors (Lipinski definition) is 1. The van der Waals surface area contributed by atoms with Crippen molar-refractivity contribution >= 4 is 0 Å². The van der Waals surface area contributed by atoms with Crippen LogP contribution < -0.4 is 5.43 Å². The molecule has 0 spiro atoms. The van der Waals surface area contributed by atoms with E-state index in [9.17, 15) is 4.79 Å². The Morgan fingerprint density at radius 2 is 1.22 bits per heavy atom. The smallest absolute Gasteiger partial charge is 0.185 e. The fourth-order valence-corrected chi connectivity index (χ4v) is 3.53. The number of aromatic nitrogens is 1. The first-order chi connectivity index (χ1) is 13.2. The van der Waals surface area contributed by atoms with E-state index in [4.69, 9.17) is 0 Å². The molecule has 3 aromatic carbocycles. The van der Waals surface area contributed by atoms with E-state index in [1.165, 1.54) is 0 Å². The first-order valence-corrected chi connectivity index (χ1v) is 9.10. The van der Waals surface area contributed by atoms with Crippen molar-refractivity contribution in [2.45, 2.75) is 13.8 Å². The van der Waals surface area contributed by atoms with E-state index >= 15 is 0 Å². The number of pyridine rings is 1. The Bertz CT molecular complexity index is 1140. The number of para-hydroxylation sites is 1. The number of hydrogen-bond donors (Lipinski definition) is 0. The van der Waals surface area contributed by atoms with Crippen LogP contribution in [0.15, 0.2) is 95.8 Å². The van der Waals surface area contributed by atoms with Gasteiger partial charge in [-0.25, -0.2) is 0 Å². The average Bonchev–Trinajstić information content (AvgIpc) is 2.71. The summed E-state index contributed by atoms with van der Waals surface area (Å²) in [5.41, 5.74) is 6.95. The quantitative estimate of drug-likeness (QED) is 0.458. The van der Waals surface area contributed by atoms with Gasteiger partial charge in [0.25, 0.3) is 0 Å². The number of aryl methyl sites for hydroxylation is 1. The molecule has 4 aromatic rings. The van der Waals surface area contributed by atoms with Gasteiger partial charge in [-0.1, -0.05) is 78.9 Å². The third-order valence-electron chi connectivity index (χ3n) is 4.93. The van der Waals surface area contributed by atoms with Crippen molar-refractivity contribution in [1.82, 2.24) is 4.57 Å². The molecule has 0 radical (unpaired) electrons. The third-order valence-corrected chi connectivity index (χ3v) is 4.93. The third kappa shape index (κ3) is 3.11. The lowest BCUT2D eigenvalue weighted by Crippen LogP contribution is -2.16. The van der Waals surface area contributed by atoms with Gasteiger partial charge in [-0.2, -0.15) is 0 Å². The second-order valence-electron chi connectivity index (χ2n) is 6.72. The van der Waals surface area contributed by atoms with Crippen molar-refractivity contribution < 1.29 is 0 Å². The minimum Gasteiger partial charge on any atom is -0.308 e. The molecule has 0 aliphatic heterocycles. The lowest BCUT2D eigenvalue weighted by atomic mass is 10.0. The van der Waals surface area contributed by atoms with E-state index in [1.807, 2.05) is 67.6 Å². The summed E-state index contributed by atoms with van der Waals surface area (Å²) in [5.74, 6) is 0. The summed E-state index contributed by atoms with van der Waals surface area (Å²) in [6.07, 6.45) is 0. The summed E-state index contributed by atoms with van der Waals surface area (Å²) in [7, 11) is 0. The fourth-order valence-electron chi connectivity index (χ4n) is 3.53. The molecule has 2 nitrogen and oxygen atoms in total. The van der Waals surface area contributed by atoms with Gasteiger partial charge in [-0.3, -0.25) is 4.79 Å².